The van der Waals surface area contributed by atoms with E-state index in [4.69, 9.17) is 0 Å². The Morgan fingerprint density at radius 3 is 1.60 bits per heavy atom. The highest BCUT2D eigenvalue weighted by Crippen LogP contribution is 2.14. The second kappa shape index (κ2) is 4.84. The maximum atomic E-state index is 3.69. The monoisotopic (exact) mass is 214 g/mol. The Morgan fingerprint density at radius 1 is 0.800 bits per heavy atom. The SMILES string of the molecule is CCC(C)(C)NC(C)(C)CNC(C)(C)C. The van der Waals surface area contributed by atoms with Crippen molar-refractivity contribution in [3.63, 3.8) is 0 Å². The summed E-state index contributed by atoms with van der Waals surface area (Å²) in [6.45, 7) is 18.8. The molecule has 0 spiro atoms. The second-order valence-electron chi connectivity index (χ2n) is 6.85. The Morgan fingerprint density at radius 2 is 1.27 bits per heavy atom. The van der Waals surface area contributed by atoms with Gasteiger partial charge in [0.1, 0.15) is 0 Å². The zero-order valence-electron chi connectivity index (χ0n) is 11.9. The van der Waals surface area contributed by atoms with Crippen LogP contribution in [0.15, 0.2) is 0 Å². The molecular weight excluding hydrogens is 184 g/mol. The third-order valence-electron chi connectivity index (χ3n) is 2.62. The third-order valence-corrected chi connectivity index (χ3v) is 2.62. The summed E-state index contributed by atoms with van der Waals surface area (Å²) in [4.78, 5) is 0. The predicted molar refractivity (Wildman–Crippen MR) is 69.3 cm³/mol. The average molecular weight is 214 g/mol. The zero-order chi connectivity index (χ0) is 12.3. The second-order valence-corrected chi connectivity index (χ2v) is 6.85. The maximum absolute atomic E-state index is 3.69. The van der Waals surface area contributed by atoms with E-state index >= 15 is 0 Å². The molecule has 0 bridgehead atoms. The Kier molecular flexibility index (Phi) is 4.81. The van der Waals surface area contributed by atoms with Crippen LogP contribution in [0, 0.1) is 0 Å². The number of nitrogens with one attached hydrogen (secondary N) is 2. The predicted octanol–water partition coefficient (Wildman–Crippen LogP) is 2.93. The average Bonchev–Trinajstić information content (AvgIpc) is 1.98. The standard InChI is InChI=1S/C13H30N2/c1-9-12(5,6)15-13(7,8)10-14-11(2,3)4/h14-15H,9-10H2,1-8H3. The van der Waals surface area contributed by atoms with Gasteiger partial charge in [-0.1, -0.05) is 6.92 Å². The summed E-state index contributed by atoms with van der Waals surface area (Å²) >= 11 is 0. The van der Waals surface area contributed by atoms with E-state index in [1.807, 2.05) is 0 Å². The van der Waals surface area contributed by atoms with Crippen molar-refractivity contribution < 1.29 is 0 Å². The van der Waals surface area contributed by atoms with Crippen LogP contribution in [0.25, 0.3) is 0 Å². The van der Waals surface area contributed by atoms with Crippen LogP contribution in [-0.4, -0.2) is 23.2 Å². The molecule has 0 aliphatic carbocycles. The first kappa shape index (κ1) is 14.9. The summed E-state index contributed by atoms with van der Waals surface area (Å²) < 4.78 is 0. The van der Waals surface area contributed by atoms with Crippen molar-refractivity contribution in [1.29, 1.82) is 0 Å². The molecule has 0 aliphatic rings. The van der Waals surface area contributed by atoms with Crippen LogP contribution in [0.5, 0.6) is 0 Å². The highest BCUT2D eigenvalue weighted by molar-refractivity contribution is 4.90. The molecule has 0 aromatic heterocycles. The molecule has 0 amide bonds. The first-order valence-electron chi connectivity index (χ1n) is 6.02. The van der Waals surface area contributed by atoms with Crippen molar-refractivity contribution in [3.8, 4) is 0 Å². The first-order valence-corrected chi connectivity index (χ1v) is 6.02. The van der Waals surface area contributed by atoms with Gasteiger partial charge < -0.3 is 10.6 Å². The van der Waals surface area contributed by atoms with E-state index in [1.165, 1.54) is 0 Å². The number of hydrogen-bond donors (Lipinski definition) is 2. The maximum Gasteiger partial charge on any atom is 0.0254 e. The van der Waals surface area contributed by atoms with Gasteiger partial charge in [0.15, 0.2) is 0 Å². The summed E-state index contributed by atoms with van der Waals surface area (Å²) in [5.41, 5.74) is 0.533. The van der Waals surface area contributed by atoms with Gasteiger partial charge in [0.25, 0.3) is 0 Å². The topological polar surface area (TPSA) is 24.1 Å². The molecule has 0 unspecified atom stereocenters. The van der Waals surface area contributed by atoms with E-state index in [2.05, 4.69) is 66.0 Å². The van der Waals surface area contributed by atoms with Gasteiger partial charge >= 0.3 is 0 Å². The molecule has 0 aromatic rings. The summed E-state index contributed by atoms with van der Waals surface area (Å²) in [6, 6.07) is 0. The van der Waals surface area contributed by atoms with Crippen LogP contribution in [0.4, 0.5) is 0 Å². The normalized spacial score (nSPS) is 14.4. The third kappa shape index (κ3) is 7.80. The van der Waals surface area contributed by atoms with E-state index in [1.54, 1.807) is 0 Å². The smallest absolute Gasteiger partial charge is 0.0254 e. The largest absolute Gasteiger partial charge is 0.310 e. The van der Waals surface area contributed by atoms with Crippen molar-refractivity contribution in [1.82, 2.24) is 10.6 Å². The molecule has 0 saturated heterocycles. The minimum Gasteiger partial charge on any atom is -0.310 e. The molecular formula is C13H30N2. The summed E-state index contributed by atoms with van der Waals surface area (Å²) in [5, 5.41) is 7.24. The van der Waals surface area contributed by atoms with Gasteiger partial charge in [-0.05, 0) is 54.9 Å². The van der Waals surface area contributed by atoms with E-state index in [0.717, 1.165) is 13.0 Å². The van der Waals surface area contributed by atoms with Crippen molar-refractivity contribution >= 4 is 0 Å². The lowest BCUT2D eigenvalue weighted by Gasteiger charge is -2.38. The van der Waals surface area contributed by atoms with Crippen molar-refractivity contribution in [2.75, 3.05) is 6.54 Å². The van der Waals surface area contributed by atoms with E-state index in [-0.39, 0.29) is 16.6 Å². The molecule has 15 heavy (non-hydrogen) atoms. The van der Waals surface area contributed by atoms with Gasteiger partial charge in [0.05, 0.1) is 0 Å². The number of hydrogen-bond acceptors (Lipinski definition) is 2. The lowest BCUT2D eigenvalue weighted by Crippen LogP contribution is -2.58. The molecule has 0 rings (SSSR count). The van der Waals surface area contributed by atoms with Crippen LogP contribution in [0.2, 0.25) is 0 Å². The van der Waals surface area contributed by atoms with Crippen molar-refractivity contribution in [2.45, 2.75) is 78.4 Å². The van der Waals surface area contributed by atoms with Crippen LogP contribution in [0.1, 0.15) is 61.8 Å². The van der Waals surface area contributed by atoms with Gasteiger partial charge in [-0.25, -0.2) is 0 Å². The van der Waals surface area contributed by atoms with Gasteiger partial charge in [-0.2, -0.15) is 0 Å². The molecule has 2 heteroatoms. The summed E-state index contributed by atoms with van der Waals surface area (Å²) in [5.74, 6) is 0. The highest BCUT2D eigenvalue weighted by atomic mass is 15.1. The minimum atomic E-state index is 0.132. The fourth-order valence-electron chi connectivity index (χ4n) is 1.53. The molecule has 0 saturated carbocycles. The van der Waals surface area contributed by atoms with Crippen LogP contribution < -0.4 is 10.6 Å². The van der Waals surface area contributed by atoms with Gasteiger partial charge in [0.2, 0.25) is 0 Å². The van der Waals surface area contributed by atoms with E-state index < -0.39 is 0 Å². The Labute approximate surface area is 96.2 Å². The van der Waals surface area contributed by atoms with E-state index in [9.17, 15) is 0 Å². The molecule has 0 radical (unpaired) electrons. The number of rotatable bonds is 5. The van der Waals surface area contributed by atoms with Crippen molar-refractivity contribution in [2.24, 2.45) is 0 Å². The molecule has 92 valence electrons. The van der Waals surface area contributed by atoms with Gasteiger partial charge in [-0.15, -0.1) is 0 Å². The zero-order valence-corrected chi connectivity index (χ0v) is 11.9. The Hall–Kier alpha value is -0.0800. The molecule has 0 fully saturated rings. The molecule has 2 nitrogen and oxygen atoms in total. The fourth-order valence-corrected chi connectivity index (χ4v) is 1.53. The van der Waals surface area contributed by atoms with Crippen LogP contribution >= 0.6 is 0 Å². The molecule has 0 aliphatic heterocycles. The summed E-state index contributed by atoms with van der Waals surface area (Å²) in [7, 11) is 0. The first-order chi connectivity index (χ1) is 6.47. The van der Waals surface area contributed by atoms with Crippen molar-refractivity contribution in [3.05, 3.63) is 0 Å². The minimum absolute atomic E-state index is 0.132. The van der Waals surface area contributed by atoms with E-state index in [0.29, 0.717) is 0 Å². The fraction of sp³-hybridized carbons (Fsp3) is 1.00. The lowest BCUT2D eigenvalue weighted by atomic mass is 9.94. The lowest BCUT2D eigenvalue weighted by molar-refractivity contribution is 0.234. The highest BCUT2D eigenvalue weighted by Gasteiger charge is 2.27. The van der Waals surface area contributed by atoms with Gasteiger partial charge in [-0.3, -0.25) is 0 Å². The quantitative estimate of drug-likeness (QED) is 0.735. The van der Waals surface area contributed by atoms with Crippen LogP contribution in [0.3, 0.4) is 0 Å². The molecule has 0 aromatic carbocycles. The molecule has 0 heterocycles. The molecule has 2 N–H and O–H groups in total. The van der Waals surface area contributed by atoms with Gasteiger partial charge in [0, 0.05) is 23.2 Å². The summed E-state index contributed by atoms with van der Waals surface area (Å²) in [6.07, 6.45) is 1.14. The van der Waals surface area contributed by atoms with Crippen LogP contribution in [-0.2, 0) is 0 Å². The Balaban J connectivity index is 4.19. The Bertz CT molecular complexity index is 187. The molecule has 0 atom stereocenters.